The maximum atomic E-state index is 11.8. The van der Waals surface area contributed by atoms with E-state index in [1.54, 1.807) is 0 Å². The van der Waals surface area contributed by atoms with E-state index in [1.165, 1.54) is 6.42 Å². The zero-order valence-corrected chi connectivity index (χ0v) is 12.7. The van der Waals surface area contributed by atoms with Crippen molar-refractivity contribution >= 4 is 12.0 Å². The number of likely N-dealkylation sites (N-methyl/N-ethyl adjacent to an activating group) is 1. The molecule has 1 rings (SSSR count). The summed E-state index contributed by atoms with van der Waals surface area (Å²) in [6, 6.07) is -0.207. The number of aliphatic carboxylic acids is 1. The maximum Gasteiger partial charge on any atom is 0.314 e. The van der Waals surface area contributed by atoms with Gasteiger partial charge >= 0.3 is 12.0 Å². The van der Waals surface area contributed by atoms with E-state index < -0.39 is 5.97 Å². The van der Waals surface area contributed by atoms with Crippen LogP contribution in [-0.4, -0.2) is 54.7 Å². The number of carbonyl (C=O) groups is 2. The minimum absolute atomic E-state index is 0.00948. The van der Waals surface area contributed by atoms with Crippen LogP contribution in [-0.2, 0) is 4.79 Å². The van der Waals surface area contributed by atoms with Crippen LogP contribution >= 0.6 is 0 Å². The van der Waals surface area contributed by atoms with Crippen molar-refractivity contribution in [2.24, 2.45) is 5.92 Å². The van der Waals surface area contributed by atoms with Gasteiger partial charge in [-0.15, -0.1) is 0 Å². The van der Waals surface area contributed by atoms with E-state index in [0.29, 0.717) is 13.1 Å². The monoisotopic (exact) mass is 285 g/mol. The summed E-state index contributed by atoms with van der Waals surface area (Å²) in [7, 11) is 4.08. The summed E-state index contributed by atoms with van der Waals surface area (Å²) in [6.07, 6.45) is 4.26. The average Bonchev–Trinajstić information content (AvgIpc) is 2.32. The second-order valence-electron chi connectivity index (χ2n) is 5.91. The number of rotatable bonds is 8. The number of carboxylic acid groups (broad SMARTS) is 1. The first-order chi connectivity index (χ1) is 9.39. The van der Waals surface area contributed by atoms with Crippen molar-refractivity contribution < 1.29 is 14.7 Å². The van der Waals surface area contributed by atoms with Crippen LogP contribution in [0, 0.1) is 5.92 Å². The van der Waals surface area contributed by atoms with E-state index in [2.05, 4.69) is 15.5 Å². The van der Waals surface area contributed by atoms with Crippen molar-refractivity contribution in [2.45, 2.75) is 44.6 Å². The van der Waals surface area contributed by atoms with Crippen LogP contribution in [0.4, 0.5) is 4.79 Å². The van der Waals surface area contributed by atoms with Gasteiger partial charge in [-0.05, 0) is 39.3 Å². The van der Waals surface area contributed by atoms with Gasteiger partial charge in [-0.3, -0.25) is 4.79 Å². The summed E-state index contributed by atoms with van der Waals surface area (Å²) in [5.41, 5.74) is 0.0998. The van der Waals surface area contributed by atoms with E-state index in [4.69, 9.17) is 5.11 Å². The molecule has 0 aromatic carbocycles. The summed E-state index contributed by atoms with van der Waals surface area (Å²) < 4.78 is 0. The molecule has 1 aliphatic carbocycles. The third-order valence-corrected chi connectivity index (χ3v) is 4.40. The Bertz CT molecular complexity index is 341. The van der Waals surface area contributed by atoms with E-state index in [9.17, 15) is 9.59 Å². The third-order valence-electron chi connectivity index (χ3n) is 4.40. The van der Waals surface area contributed by atoms with E-state index >= 15 is 0 Å². The van der Waals surface area contributed by atoms with Gasteiger partial charge in [0.1, 0.15) is 0 Å². The predicted molar refractivity (Wildman–Crippen MR) is 77.7 cm³/mol. The van der Waals surface area contributed by atoms with Crippen LogP contribution in [0.3, 0.4) is 0 Å². The number of nitrogens with zero attached hydrogens (tertiary/aromatic N) is 1. The zero-order valence-electron chi connectivity index (χ0n) is 12.7. The third kappa shape index (κ3) is 4.67. The first kappa shape index (κ1) is 16.8. The second-order valence-corrected chi connectivity index (χ2v) is 5.91. The predicted octanol–water partition coefficient (Wildman–Crippen LogP) is 1.27. The van der Waals surface area contributed by atoms with Crippen LogP contribution in [0.1, 0.15) is 39.0 Å². The van der Waals surface area contributed by atoms with Crippen LogP contribution in [0.2, 0.25) is 0 Å². The van der Waals surface area contributed by atoms with Crippen LogP contribution in [0.5, 0.6) is 0 Å². The van der Waals surface area contributed by atoms with E-state index in [1.807, 2.05) is 21.0 Å². The molecule has 1 aliphatic rings. The van der Waals surface area contributed by atoms with Gasteiger partial charge in [0.2, 0.25) is 0 Å². The Morgan fingerprint density at radius 3 is 2.35 bits per heavy atom. The number of carboxylic acids is 1. The van der Waals surface area contributed by atoms with Gasteiger partial charge in [0.15, 0.2) is 0 Å². The molecule has 0 heterocycles. The quantitative estimate of drug-likeness (QED) is 0.627. The Kier molecular flexibility index (Phi) is 6.26. The molecule has 0 aliphatic heterocycles. The molecule has 6 heteroatoms. The van der Waals surface area contributed by atoms with Crippen LogP contribution in [0.25, 0.3) is 0 Å². The Morgan fingerprint density at radius 2 is 1.95 bits per heavy atom. The number of urea groups is 1. The molecular weight excluding hydrogens is 258 g/mol. The standard InChI is InChI=1S/C14H27N3O3/c1-4-11(8-12(18)19)9-15-13(20)16-10-14(17(2)3)6-5-7-14/h11H,4-10H2,1-3H3,(H,18,19)(H2,15,16,20). The molecule has 0 radical (unpaired) electrons. The number of hydrogen-bond donors (Lipinski definition) is 3. The highest BCUT2D eigenvalue weighted by Gasteiger charge is 2.39. The van der Waals surface area contributed by atoms with Crippen molar-refractivity contribution in [1.29, 1.82) is 0 Å². The summed E-state index contributed by atoms with van der Waals surface area (Å²) >= 11 is 0. The van der Waals surface area contributed by atoms with Crippen LogP contribution in [0.15, 0.2) is 0 Å². The number of nitrogens with one attached hydrogen (secondary N) is 2. The molecule has 1 unspecified atom stereocenters. The Morgan fingerprint density at radius 1 is 1.30 bits per heavy atom. The van der Waals surface area contributed by atoms with Crippen molar-refractivity contribution in [1.82, 2.24) is 15.5 Å². The molecule has 3 N–H and O–H groups in total. The molecule has 0 aromatic heterocycles. The van der Waals surface area contributed by atoms with E-state index in [0.717, 1.165) is 19.3 Å². The van der Waals surface area contributed by atoms with Crippen molar-refractivity contribution in [3.05, 3.63) is 0 Å². The topological polar surface area (TPSA) is 81.7 Å². The Labute approximate surface area is 120 Å². The molecule has 0 bridgehead atoms. The first-order valence-corrected chi connectivity index (χ1v) is 7.30. The fraction of sp³-hybridized carbons (Fsp3) is 0.857. The number of amides is 2. The summed E-state index contributed by atoms with van der Waals surface area (Å²) in [4.78, 5) is 24.6. The van der Waals surface area contributed by atoms with Gasteiger partial charge in [-0.2, -0.15) is 0 Å². The SMILES string of the molecule is CCC(CNC(=O)NCC1(N(C)C)CCC1)CC(=O)O. The largest absolute Gasteiger partial charge is 0.481 e. The van der Waals surface area contributed by atoms with Crippen molar-refractivity contribution in [2.75, 3.05) is 27.2 Å². The molecule has 1 atom stereocenters. The lowest BCUT2D eigenvalue weighted by molar-refractivity contribution is -0.138. The highest BCUT2D eigenvalue weighted by atomic mass is 16.4. The normalized spacial score (nSPS) is 18.2. The number of hydrogen-bond acceptors (Lipinski definition) is 3. The zero-order chi connectivity index (χ0) is 15.2. The first-order valence-electron chi connectivity index (χ1n) is 7.30. The lowest BCUT2D eigenvalue weighted by Gasteiger charge is -2.47. The summed E-state index contributed by atoms with van der Waals surface area (Å²) in [6.45, 7) is 2.98. The van der Waals surface area contributed by atoms with Gasteiger partial charge in [0.05, 0.1) is 0 Å². The van der Waals surface area contributed by atoms with Gasteiger partial charge in [-0.25, -0.2) is 4.79 Å². The Hall–Kier alpha value is -1.30. The van der Waals surface area contributed by atoms with Gasteiger partial charge in [-0.1, -0.05) is 13.3 Å². The molecule has 1 fully saturated rings. The van der Waals surface area contributed by atoms with Gasteiger partial charge in [0.25, 0.3) is 0 Å². The van der Waals surface area contributed by atoms with Gasteiger partial charge < -0.3 is 20.6 Å². The minimum Gasteiger partial charge on any atom is -0.481 e. The molecule has 2 amide bonds. The van der Waals surface area contributed by atoms with Gasteiger partial charge in [0, 0.05) is 25.0 Å². The fourth-order valence-corrected chi connectivity index (χ4v) is 2.52. The van der Waals surface area contributed by atoms with Crippen molar-refractivity contribution in [3.8, 4) is 0 Å². The lowest BCUT2D eigenvalue weighted by Crippen LogP contribution is -2.58. The molecule has 0 aromatic rings. The molecule has 1 saturated carbocycles. The Balaban J connectivity index is 2.28. The van der Waals surface area contributed by atoms with Crippen molar-refractivity contribution in [3.63, 3.8) is 0 Å². The summed E-state index contributed by atoms with van der Waals surface area (Å²) in [5.74, 6) is -0.829. The molecule has 0 spiro atoms. The minimum atomic E-state index is -0.819. The smallest absolute Gasteiger partial charge is 0.314 e. The number of carbonyl (C=O) groups excluding carboxylic acids is 1. The fourth-order valence-electron chi connectivity index (χ4n) is 2.52. The van der Waals surface area contributed by atoms with E-state index in [-0.39, 0.29) is 23.9 Å². The maximum absolute atomic E-state index is 11.8. The lowest BCUT2D eigenvalue weighted by atomic mass is 9.75. The highest BCUT2D eigenvalue weighted by molar-refractivity contribution is 5.74. The highest BCUT2D eigenvalue weighted by Crippen LogP contribution is 2.35. The van der Waals surface area contributed by atoms with Crippen LogP contribution < -0.4 is 10.6 Å². The molecule has 116 valence electrons. The average molecular weight is 285 g/mol. The molecule has 6 nitrogen and oxygen atoms in total. The second kappa shape index (κ2) is 7.47. The molecule has 20 heavy (non-hydrogen) atoms. The summed E-state index contributed by atoms with van der Waals surface area (Å²) in [5, 5.41) is 14.4. The molecular formula is C14H27N3O3. The molecule has 0 saturated heterocycles.